The number of aromatic hydroxyl groups is 1. The molecule has 0 spiro atoms. The van der Waals surface area contributed by atoms with Gasteiger partial charge in [0.2, 0.25) is 0 Å². The van der Waals surface area contributed by atoms with Crippen LogP contribution in [0.2, 0.25) is 10.0 Å². The van der Waals surface area contributed by atoms with Crippen LogP contribution in [-0.4, -0.2) is 17.2 Å². The Morgan fingerprint density at radius 1 is 1.17 bits per heavy atom. The minimum Gasteiger partial charge on any atom is -0.506 e. The van der Waals surface area contributed by atoms with Crippen molar-refractivity contribution >= 4 is 35.3 Å². The van der Waals surface area contributed by atoms with E-state index in [0.717, 1.165) is 5.56 Å². The van der Waals surface area contributed by atoms with Crippen molar-refractivity contribution in [2.24, 2.45) is 20.4 Å². The second-order valence-corrected chi connectivity index (χ2v) is 5.78. The van der Waals surface area contributed by atoms with Gasteiger partial charge in [0.1, 0.15) is 11.8 Å². The number of phenols is 1. The van der Waals surface area contributed by atoms with E-state index in [0.29, 0.717) is 22.8 Å². The summed E-state index contributed by atoms with van der Waals surface area (Å²) in [7, 11) is 0. The van der Waals surface area contributed by atoms with Crippen LogP contribution in [0.1, 0.15) is 23.6 Å². The predicted molar refractivity (Wildman–Crippen MR) is 91.8 cm³/mol. The molecule has 0 radical (unpaired) electrons. The van der Waals surface area contributed by atoms with Crippen molar-refractivity contribution in [1.29, 1.82) is 0 Å². The van der Waals surface area contributed by atoms with Crippen molar-refractivity contribution < 1.29 is 5.11 Å². The zero-order chi connectivity index (χ0) is 16.2. The fraction of sp³-hybridized carbons (Fsp3) is 0.125. The normalized spacial score (nSPS) is 19.0. The first kappa shape index (κ1) is 15.6. The summed E-state index contributed by atoms with van der Waals surface area (Å²) in [5, 5.41) is 26.6. The standard InChI is InChI=1S/C16H12Cl2N4O/c17-12-6-11(16(23)13(18)7-12)9-19-21-15-8-14(20-22-15)10-4-2-1-3-5-10/h1-7,9,14,23H,8H2/b19-9+,21-15+. The summed E-state index contributed by atoms with van der Waals surface area (Å²) in [5.74, 6) is 0.443. The zero-order valence-corrected chi connectivity index (χ0v) is 13.4. The molecule has 0 aromatic heterocycles. The minimum absolute atomic E-state index is 0.0285. The van der Waals surface area contributed by atoms with Crippen LogP contribution in [-0.2, 0) is 0 Å². The smallest absolute Gasteiger partial charge is 0.175 e. The number of azo groups is 1. The summed E-state index contributed by atoms with van der Waals surface area (Å²) in [4.78, 5) is 0. The molecule has 1 N–H and O–H groups in total. The Hall–Kier alpha value is -2.24. The monoisotopic (exact) mass is 346 g/mol. The van der Waals surface area contributed by atoms with Gasteiger partial charge in [-0.1, -0.05) is 53.5 Å². The van der Waals surface area contributed by atoms with Crippen LogP contribution >= 0.6 is 23.2 Å². The van der Waals surface area contributed by atoms with Crippen molar-refractivity contribution in [2.45, 2.75) is 12.5 Å². The Labute approximate surface area is 143 Å². The van der Waals surface area contributed by atoms with Crippen LogP contribution in [0.5, 0.6) is 5.75 Å². The Morgan fingerprint density at radius 3 is 2.74 bits per heavy atom. The highest BCUT2D eigenvalue weighted by Gasteiger charge is 2.19. The average Bonchev–Trinajstić information content (AvgIpc) is 3.02. The van der Waals surface area contributed by atoms with Crippen LogP contribution < -0.4 is 0 Å². The van der Waals surface area contributed by atoms with E-state index in [9.17, 15) is 5.11 Å². The van der Waals surface area contributed by atoms with Gasteiger partial charge in [-0.05, 0) is 17.7 Å². The second-order valence-electron chi connectivity index (χ2n) is 4.93. The number of hydrogen-bond acceptors (Lipinski definition) is 4. The molecule has 116 valence electrons. The number of halogens is 2. The van der Waals surface area contributed by atoms with Crippen molar-refractivity contribution in [1.82, 2.24) is 0 Å². The third kappa shape index (κ3) is 3.75. The second kappa shape index (κ2) is 6.89. The summed E-state index contributed by atoms with van der Waals surface area (Å²) in [5.41, 5.74) is 1.48. The number of amidine groups is 1. The molecule has 7 heteroatoms. The molecular weight excluding hydrogens is 335 g/mol. The third-order valence-electron chi connectivity index (χ3n) is 3.30. The molecule has 0 amide bonds. The van der Waals surface area contributed by atoms with Gasteiger partial charge in [-0.15, -0.1) is 10.2 Å². The Balaban J connectivity index is 1.71. The van der Waals surface area contributed by atoms with Crippen LogP contribution in [0.25, 0.3) is 0 Å². The van der Waals surface area contributed by atoms with Gasteiger partial charge >= 0.3 is 0 Å². The Morgan fingerprint density at radius 2 is 1.96 bits per heavy atom. The molecule has 0 saturated carbocycles. The van der Waals surface area contributed by atoms with Gasteiger partial charge in [0.05, 0.1) is 11.2 Å². The average molecular weight is 347 g/mol. The van der Waals surface area contributed by atoms with Crippen LogP contribution in [0.15, 0.2) is 62.9 Å². The molecule has 1 unspecified atom stereocenters. The zero-order valence-electron chi connectivity index (χ0n) is 11.9. The number of phenolic OH excluding ortho intramolecular Hbond substituents is 1. The summed E-state index contributed by atoms with van der Waals surface area (Å²) >= 11 is 11.7. The lowest BCUT2D eigenvalue weighted by atomic mass is 10.1. The van der Waals surface area contributed by atoms with Crippen LogP contribution in [0.4, 0.5) is 0 Å². The van der Waals surface area contributed by atoms with Crippen molar-refractivity contribution in [2.75, 3.05) is 0 Å². The molecule has 0 fully saturated rings. The largest absolute Gasteiger partial charge is 0.506 e. The molecule has 2 aromatic carbocycles. The highest BCUT2D eigenvalue weighted by molar-refractivity contribution is 6.36. The van der Waals surface area contributed by atoms with Gasteiger partial charge in [0.25, 0.3) is 0 Å². The third-order valence-corrected chi connectivity index (χ3v) is 3.81. The van der Waals surface area contributed by atoms with E-state index in [-0.39, 0.29) is 16.8 Å². The molecule has 0 bridgehead atoms. The SMILES string of the molecule is Oc1c(Cl)cc(Cl)cc1/C=N/N=C1\CC(c2ccccc2)N=N1. The molecule has 1 heterocycles. The number of nitrogens with zero attached hydrogens (tertiary/aromatic N) is 4. The maximum atomic E-state index is 9.83. The lowest BCUT2D eigenvalue weighted by Crippen LogP contribution is -1.95. The first-order valence-corrected chi connectivity index (χ1v) is 7.63. The van der Waals surface area contributed by atoms with Gasteiger partial charge in [-0.25, -0.2) is 0 Å². The van der Waals surface area contributed by atoms with Gasteiger partial charge in [-0.3, -0.25) is 0 Å². The van der Waals surface area contributed by atoms with Crippen LogP contribution in [0.3, 0.4) is 0 Å². The van der Waals surface area contributed by atoms with E-state index in [1.807, 2.05) is 30.3 Å². The molecule has 2 aromatic rings. The van der Waals surface area contributed by atoms with E-state index in [2.05, 4.69) is 20.4 Å². The predicted octanol–water partition coefficient (Wildman–Crippen LogP) is 5.03. The number of rotatable bonds is 3. The van der Waals surface area contributed by atoms with Gasteiger partial charge in [0.15, 0.2) is 5.84 Å². The van der Waals surface area contributed by atoms with Crippen LogP contribution in [0, 0.1) is 0 Å². The lowest BCUT2D eigenvalue weighted by Gasteiger charge is -2.03. The maximum absolute atomic E-state index is 9.83. The minimum atomic E-state index is -0.0878. The van der Waals surface area contributed by atoms with Gasteiger partial charge in [-0.2, -0.15) is 10.2 Å². The molecule has 0 saturated heterocycles. The maximum Gasteiger partial charge on any atom is 0.175 e. The summed E-state index contributed by atoms with van der Waals surface area (Å²) < 4.78 is 0. The van der Waals surface area contributed by atoms with E-state index in [4.69, 9.17) is 23.2 Å². The Bertz CT molecular complexity index is 803. The molecule has 5 nitrogen and oxygen atoms in total. The first-order valence-electron chi connectivity index (χ1n) is 6.87. The van der Waals surface area contributed by atoms with E-state index >= 15 is 0 Å². The lowest BCUT2D eigenvalue weighted by molar-refractivity contribution is 0.474. The topological polar surface area (TPSA) is 69.7 Å². The van der Waals surface area contributed by atoms with Crippen molar-refractivity contribution in [3.63, 3.8) is 0 Å². The number of hydrogen-bond donors (Lipinski definition) is 1. The van der Waals surface area contributed by atoms with Gasteiger partial charge in [0, 0.05) is 17.0 Å². The van der Waals surface area contributed by atoms with Crippen molar-refractivity contribution in [3.05, 3.63) is 63.6 Å². The van der Waals surface area contributed by atoms with Gasteiger partial charge < -0.3 is 5.11 Å². The molecular formula is C16H12Cl2N4O. The Kier molecular flexibility index (Phi) is 4.69. The molecule has 1 aliphatic rings. The molecule has 3 rings (SSSR count). The highest BCUT2D eigenvalue weighted by atomic mass is 35.5. The fourth-order valence-corrected chi connectivity index (χ4v) is 2.66. The van der Waals surface area contributed by atoms with E-state index in [1.165, 1.54) is 12.3 Å². The molecule has 23 heavy (non-hydrogen) atoms. The molecule has 1 aliphatic heterocycles. The quantitative estimate of drug-likeness (QED) is 0.614. The molecule has 1 atom stereocenters. The first-order chi connectivity index (χ1) is 11.1. The summed E-state index contributed by atoms with van der Waals surface area (Å²) in [6.07, 6.45) is 1.97. The fourth-order valence-electron chi connectivity index (χ4n) is 2.15. The summed E-state index contributed by atoms with van der Waals surface area (Å²) in [6.45, 7) is 0. The van der Waals surface area contributed by atoms with E-state index < -0.39 is 0 Å². The highest BCUT2D eigenvalue weighted by Crippen LogP contribution is 2.30. The van der Waals surface area contributed by atoms with E-state index in [1.54, 1.807) is 6.07 Å². The molecule has 0 aliphatic carbocycles. The van der Waals surface area contributed by atoms with Crippen molar-refractivity contribution in [3.8, 4) is 5.75 Å². The number of benzene rings is 2. The summed E-state index contributed by atoms with van der Waals surface area (Å²) in [6, 6.07) is 12.9.